The summed E-state index contributed by atoms with van der Waals surface area (Å²) in [4.78, 5) is 16.0. The maximum absolute atomic E-state index is 12.0. The highest BCUT2D eigenvalue weighted by Crippen LogP contribution is 2.35. The van der Waals surface area contributed by atoms with Gasteiger partial charge in [0.2, 0.25) is 0 Å². The molecule has 4 nitrogen and oxygen atoms in total. The number of Topliss-reactive ketones (excluding diaryl/α,β-unsaturated/α-hetero) is 1. The molecule has 1 aromatic heterocycles. The van der Waals surface area contributed by atoms with Gasteiger partial charge in [-0.1, -0.05) is 0 Å². The van der Waals surface area contributed by atoms with Gasteiger partial charge in [-0.2, -0.15) is 0 Å². The molecule has 3 rings (SSSR count). The molecule has 1 aliphatic rings. The van der Waals surface area contributed by atoms with Crippen LogP contribution in [0.3, 0.4) is 0 Å². The smallest absolute Gasteiger partial charge is 0.170 e. The van der Waals surface area contributed by atoms with Crippen molar-refractivity contribution >= 4 is 11.5 Å². The Kier molecular flexibility index (Phi) is 2.48. The average Bonchev–Trinajstić information content (AvgIpc) is 2.39. The minimum Gasteiger partial charge on any atom is -0.484 e. The average molecular weight is 240 g/mol. The topological polar surface area (TPSA) is 65.2 Å². The van der Waals surface area contributed by atoms with E-state index in [4.69, 9.17) is 10.5 Å². The highest BCUT2D eigenvalue weighted by molar-refractivity contribution is 6.00. The molecule has 0 aliphatic carbocycles. The number of aromatic nitrogens is 1. The van der Waals surface area contributed by atoms with E-state index < -0.39 is 0 Å². The Morgan fingerprint density at radius 2 is 2.00 bits per heavy atom. The number of rotatable bonds is 1. The van der Waals surface area contributed by atoms with Gasteiger partial charge < -0.3 is 10.5 Å². The molecule has 18 heavy (non-hydrogen) atoms. The fourth-order valence-corrected chi connectivity index (χ4v) is 2.10. The summed E-state index contributed by atoms with van der Waals surface area (Å²) < 4.78 is 5.84. The third-order valence-electron chi connectivity index (χ3n) is 3.02. The lowest BCUT2D eigenvalue weighted by molar-refractivity contribution is 0.0850. The van der Waals surface area contributed by atoms with Crippen LogP contribution in [0.1, 0.15) is 28.4 Å². The predicted molar refractivity (Wildman–Crippen MR) is 67.4 cm³/mol. The minimum atomic E-state index is -0.255. The van der Waals surface area contributed by atoms with E-state index in [1.807, 2.05) is 12.1 Å². The zero-order chi connectivity index (χ0) is 12.5. The summed E-state index contributed by atoms with van der Waals surface area (Å²) >= 11 is 0. The molecule has 2 heterocycles. The van der Waals surface area contributed by atoms with Gasteiger partial charge in [0.15, 0.2) is 5.78 Å². The number of carbonyl (C=O) groups is 1. The van der Waals surface area contributed by atoms with Gasteiger partial charge in [0, 0.05) is 24.1 Å². The molecule has 0 fully saturated rings. The molecule has 1 unspecified atom stereocenters. The van der Waals surface area contributed by atoms with E-state index >= 15 is 0 Å². The minimum absolute atomic E-state index is 0.0815. The van der Waals surface area contributed by atoms with Gasteiger partial charge in [-0.25, -0.2) is 0 Å². The van der Waals surface area contributed by atoms with Crippen LogP contribution >= 0.6 is 0 Å². The van der Waals surface area contributed by atoms with E-state index in [9.17, 15) is 4.79 Å². The maximum atomic E-state index is 12.0. The fraction of sp³-hybridized carbons (Fsp3) is 0.143. The zero-order valence-electron chi connectivity index (χ0n) is 9.67. The summed E-state index contributed by atoms with van der Waals surface area (Å²) in [6.45, 7) is 0. The molecule has 1 aromatic carbocycles. The number of hydrogen-bond acceptors (Lipinski definition) is 4. The Labute approximate surface area is 104 Å². The number of pyridine rings is 1. The number of ether oxygens (including phenoxy) is 1. The molecular weight excluding hydrogens is 228 g/mol. The van der Waals surface area contributed by atoms with Gasteiger partial charge in [-0.05, 0) is 29.8 Å². The van der Waals surface area contributed by atoms with Gasteiger partial charge in [-0.3, -0.25) is 9.78 Å². The number of ketones is 1. The predicted octanol–water partition coefficient (Wildman–Crippen LogP) is 2.37. The SMILES string of the molecule is Nc1ccc2c(c1)OC(c1ccncc1)CC2=O. The van der Waals surface area contributed by atoms with Crippen LogP contribution in [-0.4, -0.2) is 10.8 Å². The number of carbonyl (C=O) groups excluding carboxylic acids is 1. The van der Waals surface area contributed by atoms with Crippen molar-refractivity contribution in [3.8, 4) is 5.75 Å². The van der Waals surface area contributed by atoms with E-state index in [1.165, 1.54) is 0 Å². The Hall–Kier alpha value is -2.36. The number of fused-ring (bicyclic) bond motifs is 1. The Morgan fingerprint density at radius 1 is 1.22 bits per heavy atom. The lowest BCUT2D eigenvalue weighted by Crippen LogP contribution is -2.20. The maximum Gasteiger partial charge on any atom is 0.170 e. The van der Waals surface area contributed by atoms with Gasteiger partial charge in [0.05, 0.1) is 12.0 Å². The number of nitrogens with two attached hydrogens (primary N) is 1. The van der Waals surface area contributed by atoms with Gasteiger partial charge >= 0.3 is 0 Å². The van der Waals surface area contributed by atoms with Crippen LogP contribution in [0.4, 0.5) is 5.69 Å². The number of benzene rings is 1. The van der Waals surface area contributed by atoms with Crippen LogP contribution in [0, 0.1) is 0 Å². The van der Waals surface area contributed by atoms with Crippen molar-refractivity contribution in [2.45, 2.75) is 12.5 Å². The molecule has 0 saturated carbocycles. The summed E-state index contributed by atoms with van der Waals surface area (Å²) in [6, 6.07) is 8.84. The van der Waals surface area contributed by atoms with E-state index in [0.717, 1.165) is 5.56 Å². The molecule has 2 aromatic rings. The van der Waals surface area contributed by atoms with E-state index in [1.54, 1.807) is 30.6 Å². The Balaban J connectivity index is 1.98. The standard InChI is InChI=1S/C14H12N2O2/c15-10-1-2-11-12(17)8-13(18-14(11)7-10)9-3-5-16-6-4-9/h1-7,13H,8,15H2. The second-order valence-electron chi connectivity index (χ2n) is 4.27. The summed E-state index contributed by atoms with van der Waals surface area (Å²) in [7, 11) is 0. The first-order valence-corrected chi connectivity index (χ1v) is 5.73. The van der Waals surface area contributed by atoms with Crippen LogP contribution in [0.5, 0.6) is 5.75 Å². The van der Waals surface area contributed by atoms with Crippen molar-refractivity contribution in [3.05, 3.63) is 53.9 Å². The van der Waals surface area contributed by atoms with Crippen molar-refractivity contribution in [2.24, 2.45) is 0 Å². The lowest BCUT2D eigenvalue weighted by Gasteiger charge is -2.25. The van der Waals surface area contributed by atoms with Crippen molar-refractivity contribution in [3.63, 3.8) is 0 Å². The van der Waals surface area contributed by atoms with Crippen LogP contribution < -0.4 is 10.5 Å². The molecule has 0 saturated heterocycles. The largest absolute Gasteiger partial charge is 0.484 e. The van der Waals surface area contributed by atoms with Crippen LogP contribution in [0.25, 0.3) is 0 Å². The molecule has 0 amide bonds. The van der Waals surface area contributed by atoms with Crippen molar-refractivity contribution in [1.29, 1.82) is 0 Å². The Bertz CT molecular complexity index is 596. The molecule has 1 atom stereocenters. The monoisotopic (exact) mass is 240 g/mol. The van der Waals surface area contributed by atoms with Crippen LogP contribution in [0.2, 0.25) is 0 Å². The van der Waals surface area contributed by atoms with Gasteiger partial charge in [0.1, 0.15) is 11.9 Å². The second kappa shape index (κ2) is 4.14. The van der Waals surface area contributed by atoms with Crippen molar-refractivity contribution in [2.75, 3.05) is 5.73 Å². The first kappa shape index (κ1) is 10.8. The van der Waals surface area contributed by atoms with E-state index in [2.05, 4.69) is 4.98 Å². The molecule has 90 valence electrons. The van der Waals surface area contributed by atoms with Crippen molar-refractivity contribution in [1.82, 2.24) is 4.98 Å². The third kappa shape index (κ3) is 1.82. The third-order valence-corrected chi connectivity index (χ3v) is 3.02. The van der Waals surface area contributed by atoms with Crippen molar-refractivity contribution < 1.29 is 9.53 Å². The number of nitrogen functional groups attached to an aromatic ring is 1. The van der Waals surface area contributed by atoms with Gasteiger partial charge in [0.25, 0.3) is 0 Å². The van der Waals surface area contributed by atoms with Gasteiger partial charge in [-0.15, -0.1) is 0 Å². The molecule has 2 N–H and O–H groups in total. The summed E-state index contributed by atoms with van der Waals surface area (Å²) in [5, 5.41) is 0. The quantitative estimate of drug-likeness (QED) is 0.777. The first-order chi connectivity index (χ1) is 8.74. The number of hydrogen-bond donors (Lipinski definition) is 1. The molecule has 1 aliphatic heterocycles. The first-order valence-electron chi connectivity index (χ1n) is 5.73. The molecule has 0 radical (unpaired) electrons. The highest BCUT2D eigenvalue weighted by Gasteiger charge is 2.27. The molecule has 4 heteroatoms. The summed E-state index contributed by atoms with van der Waals surface area (Å²) in [5.74, 6) is 0.645. The van der Waals surface area contributed by atoms with Crippen LogP contribution in [0.15, 0.2) is 42.7 Å². The lowest BCUT2D eigenvalue weighted by atomic mass is 9.96. The van der Waals surface area contributed by atoms with E-state index in [-0.39, 0.29) is 11.9 Å². The molecular formula is C14H12N2O2. The summed E-state index contributed by atoms with van der Waals surface area (Å²) in [5.41, 5.74) is 7.86. The second-order valence-corrected chi connectivity index (χ2v) is 4.27. The van der Waals surface area contributed by atoms with Crippen LogP contribution in [-0.2, 0) is 0 Å². The molecule has 0 spiro atoms. The van der Waals surface area contributed by atoms with E-state index in [0.29, 0.717) is 23.4 Å². The molecule has 0 bridgehead atoms. The number of nitrogens with zero attached hydrogens (tertiary/aromatic N) is 1. The number of anilines is 1. The Morgan fingerprint density at radius 3 is 2.78 bits per heavy atom. The zero-order valence-corrected chi connectivity index (χ0v) is 9.67. The normalized spacial score (nSPS) is 18.0. The highest BCUT2D eigenvalue weighted by atomic mass is 16.5. The summed E-state index contributed by atoms with van der Waals surface area (Å²) in [6.07, 6.45) is 3.48. The fourth-order valence-electron chi connectivity index (χ4n) is 2.10.